The fourth-order valence-electron chi connectivity index (χ4n) is 5.37. The van der Waals surface area contributed by atoms with Crippen molar-refractivity contribution in [2.45, 2.75) is 83.2 Å². The van der Waals surface area contributed by atoms with Gasteiger partial charge in [0, 0.05) is 23.9 Å². The third kappa shape index (κ3) is 3.30. The van der Waals surface area contributed by atoms with Gasteiger partial charge in [-0.15, -0.1) is 0 Å². The maximum Gasteiger partial charge on any atom is 0.223 e. The van der Waals surface area contributed by atoms with E-state index in [0.29, 0.717) is 11.9 Å². The first-order valence-corrected chi connectivity index (χ1v) is 10.8. The first-order valence-electron chi connectivity index (χ1n) is 10.8. The van der Waals surface area contributed by atoms with Gasteiger partial charge < -0.3 is 9.84 Å². The molecular formula is C21H30N6O. The summed E-state index contributed by atoms with van der Waals surface area (Å²) in [5, 5.41) is 7.81. The molecule has 1 saturated heterocycles. The van der Waals surface area contributed by atoms with Gasteiger partial charge in [0.2, 0.25) is 5.89 Å². The molecular weight excluding hydrogens is 352 g/mol. The summed E-state index contributed by atoms with van der Waals surface area (Å²) in [6.07, 6.45) is 9.82. The quantitative estimate of drug-likeness (QED) is 0.869. The zero-order valence-corrected chi connectivity index (χ0v) is 17.0. The van der Waals surface area contributed by atoms with E-state index in [1.165, 1.54) is 43.4 Å². The minimum Gasteiger partial charge on any atom is -0.367 e. The van der Waals surface area contributed by atoms with Gasteiger partial charge in [0.05, 0.1) is 12.2 Å². The van der Waals surface area contributed by atoms with Crippen LogP contribution in [-0.4, -0.2) is 44.1 Å². The molecule has 7 nitrogen and oxygen atoms in total. The Bertz CT molecular complexity index is 849. The van der Waals surface area contributed by atoms with E-state index in [9.17, 15) is 0 Å². The maximum absolute atomic E-state index is 5.11. The third-order valence-corrected chi connectivity index (χ3v) is 6.92. The first kappa shape index (κ1) is 18.0. The Balaban J connectivity index is 1.32. The first-order chi connectivity index (χ1) is 13.6. The molecule has 2 aliphatic carbocycles. The number of nitrogens with one attached hydrogen (secondary N) is 1. The molecule has 0 atom stereocenters. The summed E-state index contributed by atoms with van der Waals surface area (Å²) in [5.74, 6) is 3.46. The predicted octanol–water partition coefficient (Wildman–Crippen LogP) is 3.31. The predicted molar refractivity (Wildman–Crippen MR) is 106 cm³/mol. The highest BCUT2D eigenvalue weighted by molar-refractivity contribution is 5.52. The van der Waals surface area contributed by atoms with Gasteiger partial charge in [0.15, 0.2) is 5.82 Å². The molecule has 1 saturated carbocycles. The molecule has 1 spiro atoms. The molecule has 3 heterocycles. The number of likely N-dealkylation sites (tertiary alicyclic amines) is 1. The summed E-state index contributed by atoms with van der Waals surface area (Å²) in [4.78, 5) is 16.6. The molecule has 0 unspecified atom stereocenters. The Morgan fingerprint density at radius 1 is 1.07 bits per heavy atom. The van der Waals surface area contributed by atoms with Crippen LogP contribution >= 0.6 is 0 Å². The van der Waals surface area contributed by atoms with Crippen molar-refractivity contribution >= 4 is 5.82 Å². The second-order valence-electron chi connectivity index (χ2n) is 8.86. The summed E-state index contributed by atoms with van der Waals surface area (Å²) in [7, 11) is 0. The van der Waals surface area contributed by atoms with Gasteiger partial charge in [-0.3, -0.25) is 4.90 Å². The molecule has 150 valence electrons. The standard InChI is InChI=1S/C21H30N6O/c1-14-22-19-17(20(23-14)25-16-5-3-4-6-16)7-8-21(19)9-11-27(12-10-21)13-18-24-15(2)28-26-18/h16H,3-13H2,1-2H3,(H,22,23,25). The van der Waals surface area contributed by atoms with E-state index in [1.807, 2.05) is 13.8 Å². The monoisotopic (exact) mass is 382 g/mol. The number of piperidine rings is 1. The van der Waals surface area contributed by atoms with Crippen LogP contribution in [0.25, 0.3) is 0 Å². The van der Waals surface area contributed by atoms with E-state index < -0.39 is 0 Å². The summed E-state index contributed by atoms with van der Waals surface area (Å²) < 4.78 is 5.11. The van der Waals surface area contributed by atoms with Crippen LogP contribution in [0.1, 0.15) is 73.7 Å². The number of hydrogen-bond acceptors (Lipinski definition) is 7. The van der Waals surface area contributed by atoms with Crippen LogP contribution in [0.15, 0.2) is 4.52 Å². The maximum atomic E-state index is 5.11. The van der Waals surface area contributed by atoms with Crippen molar-refractivity contribution in [1.29, 1.82) is 0 Å². The van der Waals surface area contributed by atoms with Crippen LogP contribution in [-0.2, 0) is 18.4 Å². The molecule has 0 bridgehead atoms. The Morgan fingerprint density at radius 3 is 2.57 bits per heavy atom. The highest BCUT2D eigenvalue weighted by Gasteiger charge is 2.44. The average Bonchev–Trinajstić information content (AvgIpc) is 3.40. The summed E-state index contributed by atoms with van der Waals surface area (Å²) in [6, 6.07) is 0.593. The Morgan fingerprint density at radius 2 is 1.86 bits per heavy atom. The summed E-state index contributed by atoms with van der Waals surface area (Å²) in [6.45, 7) is 6.77. The topological polar surface area (TPSA) is 80.0 Å². The highest BCUT2D eigenvalue weighted by atomic mass is 16.5. The molecule has 28 heavy (non-hydrogen) atoms. The van der Waals surface area contributed by atoms with Gasteiger partial charge in [-0.1, -0.05) is 18.0 Å². The van der Waals surface area contributed by atoms with Crippen LogP contribution in [0.5, 0.6) is 0 Å². The SMILES string of the molecule is Cc1nc(NC2CCCC2)c2c(n1)C1(CC2)CCN(Cc2noc(C)n2)CC1. The Hall–Kier alpha value is -2.02. The summed E-state index contributed by atoms with van der Waals surface area (Å²) in [5.41, 5.74) is 2.94. The van der Waals surface area contributed by atoms with E-state index in [2.05, 4.69) is 20.4 Å². The fourth-order valence-corrected chi connectivity index (χ4v) is 5.37. The van der Waals surface area contributed by atoms with E-state index >= 15 is 0 Å². The minimum atomic E-state index is 0.221. The molecule has 2 aromatic heterocycles. The molecule has 2 aromatic rings. The van der Waals surface area contributed by atoms with Crippen molar-refractivity contribution in [2.24, 2.45) is 0 Å². The van der Waals surface area contributed by atoms with Crippen LogP contribution in [0.3, 0.4) is 0 Å². The lowest BCUT2D eigenvalue weighted by molar-refractivity contribution is 0.146. The van der Waals surface area contributed by atoms with E-state index in [0.717, 1.165) is 56.4 Å². The second kappa shape index (κ2) is 7.10. The Labute approximate surface area is 166 Å². The Kier molecular flexibility index (Phi) is 4.57. The zero-order valence-electron chi connectivity index (χ0n) is 17.0. The lowest BCUT2D eigenvalue weighted by Gasteiger charge is -2.39. The zero-order chi connectivity index (χ0) is 19.1. The number of aryl methyl sites for hydroxylation is 2. The van der Waals surface area contributed by atoms with Crippen LogP contribution in [0.4, 0.5) is 5.82 Å². The normalized spacial score (nSPS) is 22.1. The number of hydrogen-bond donors (Lipinski definition) is 1. The van der Waals surface area contributed by atoms with Gasteiger partial charge in [0.25, 0.3) is 0 Å². The third-order valence-electron chi connectivity index (χ3n) is 6.92. The van der Waals surface area contributed by atoms with Crippen molar-refractivity contribution in [1.82, 2.24) is 25.0 Å². The second-order valence-corrected chi connectivity index (χ2v) is 8.86. The van der Waals surface area contributed by atoms with Crippen molar-refractivity contribution in [3.05, 3.63) is 28.8 Å². The molecule has 7 heteroatoms. The van der Waals surface area contributed by atoms with Crippen molar-refractivity contribution in [2.75, 3.05) is 18.4 Å². The molecule has 2 fully saturated rings. The average molecular weight is 383 g/mol. The number of rotatable bonds is 4. The van der Waals surface area contributed by atoms with Gasteiger partial charge >= 0.3 is 0 Å². The van der Waals surface area contributed by atoms with Crippen molar-refractivity contribution < 1.29 is 4.52 Å². The lowest BCUT2D eigenvalue weighted by atomic mass is 9.76. The largest absolute Gasteiger partial charge is 0.367 e. The summed E-state index contributed by atoms with van der Waals surface area (Å²) >= 11 is 0. The number of fused-ring (bicyclic) bond motifs is 2. The van der Waals surface area contributed by atoms with Gasteiger partial charge in [-0.2, -0.15) is 4.98 Å². The molecule has 0 radical (unpaired) electrons. The fraction of sp³-hybridized carbons (Fsp3) is 0.714. The molecule has 0 amide bonds. The van der Waals surface area contributed by atoms with Crippen molar-refractivity contribution in [3.63, 3.8) is 0 Å². The van der Waals surface area contributed by atoms with Crippen LogP contribution in [0, 0.1) is 13.8 Å². The van der Waals surface area contributed by atoms with Crippen LogP contribution < -0.4 is 5.32 Å². The smallest absolute Gasteiger partial charge is 0.223 e. The number of nitrogens with zero attached hydrogens (tertiary/aromatic N) is 5. The molecule has 1 aliphatic heterocycles. The molecule has 3 aliphatic rings. The number of aromatic nitrogens is 4. The van der Waals surface area contributed by atoms with Crippen LogP contribution in [0.2, 0.25) is 0 Å². The molecule has 0 aromatic carbocycles. The van der Waals surface area contributed by atoms with E-state index in [4.69, 9.17) is 14.5 Å². The van der Waals surface area contributed by atoms with Gasteiger partial charge in [-0.05, 0) is 58.5 Å². The van der Waals surface area contributed by atoms with Crippen molar-refractivity contribution in [3.8, 4) is 0 Å². The van der Waals surface area contributed by atoms with E-state index in [-0.39, 0.29) is 5.41 Å². The van der Waals surface area contributed by atoms with Gasteiger partial charge in [-0.25, -0.2) is 9.97 Å². The van der Waals surface area contributed by atoms with E-state index in [1.54, 1.807) is 0 Å². The minimum absolute atomic E-state index is 0.221. The molecule has 1 N–H and O–H groups in total. The number of anilines is 1. The molecule has 5 rings (SSSR count). The van der Waals surface area contributed by atoms with Gasteiger partial charge in [0.1, 0.15) is 11.6 Å². The lowest BCUT2D eigenvalue weighted by Crippen LogP contribution is -2.41. The highest BCUT2D eigenvalue weighted by Crippen LogP contribution is 2.47.